The molecule has 0 saturated carbocycles. The standard InChI is InChI=1S/C20H17BrF3N3O2/c21-14-4-1-12(2-5-14)18-25-16-11-13(20(22,23)24)3-6-15(16)17(26-18)19(28)27-7-9-29-10-8-27/h1-6,11,17H,7-10H2,(H,25,26). The highest BCUT2D eigenvalue weighted by atomic mass is 79.9. The second kappa shape index (κ2) is 7.79. The minimum absolute atomic E-state index is 0.142. The Hall–Kier alpha value is -2.39. The molecule has 4 rings (SSSR count). The molecule has 1 saturated heterocycles. The van der Waals surface area contributed by atoms with E-state index in [1.54, 1.807) is 29.2 Å². The normalized spacial score (nSPS) is 19.2. The van der Waals surface area contributed by atoms with Crippen LogP contribution in [0.5, 0.6) is 0 Å². The third kappa shape index (κ3) is 4.16. The van der Waals surface area contributed by atoms with Crippen LogP contribution < -0.4 is 5.32 Å². The van der Waals surface area contributed by atoms with Crippen molar-refractivity contribution < 1.29 is 22.7 Å². The lowest BCUT2D eigenvalue weighted by Gasteiger charge is -2.33. The summed E-state index contributed by atoms with van der Waals surface area (Å²) in [6.07, 6.45) is -4.49. The lowest BCUT2D eigenvalue weighted by Crippen LogP contribution is -2.48. The van der Waals surface area contributed by atoms with Gasteiger partial charge in [-0.05, 0) is 24.3 Å². The summed E-state index contributed by atoms with van der Waals surface area (Å²) in [6, 6.07) is 9.67. The van der Waals surface area contributed by atoms with Gasteiger partial charge in [0.2, 0.25) is 5.91 Å². The zero-order chi connectivity index (χ0) is 20.6. The predicted molar refractivity (Wildman–Crippen MR) is 105 cm³/mol. The third-order valence-electron chi connectivity index (χ3n) is 4.87. The van der Waals surface area contributed by atoms with Gasteiger partial charge in [0.05, 0.1) is 24.5 Å². The molecule has 1 unspecified atom stereocenters. The number of nitrogens with zero attached hydrogens (tertiary/aromatic N) is 2. The molecule has 29 heavy (non-hydrogen) atoms. The van der Waals surface area contributed by atoms with E-state index in [1.807, 2.05) is 0 Å². The highest BCUT2D eigenvalue weighted by molar-refractivity contribution is 9.10. The smallest absolute Gasteiger partial charge is 0.378 e. The minimum atomic E-state index is -4.49. The number of carbonyl (C=O) groups excluding carboxylic acids is 1. The molecule has 0 radical (unpaired) electrons. The Morgan fingerprint density at radius 2 is 1.83 bits per heavy atom. The number of aliphatic imine (C=N–C) groups is 1. The van der Waals surface area contributed by atoms with Crippen LogP contribution in [0.1, 0.15) is 22.7 Å². The summed E-state index contributed by atoms with van der Waals surface area (Å²) in [6.45, 7) is 1.76. The van der Waals surface area contributed by atoms with E-state index in [4.69, 9.17) is 4.74 Å². The van der Waals surface area contributed by atoms with Gasteiger partial charge in [-0.2, -0.15) is 13.2 Å². The van der Waals surface area contributed by atoms with Gasteiger partial charge in [0.15, 0.2) is 0 Å². The lowest BCUT2D eigenvalue weighted by atomic mass is 9.98. The van der Waals surface area contributed by atoms with E-state index >= 15 is 0 Å². The average Bonchev–Trinajstić information content (AvgIpc) is 2.72. The fraction of sp³-hybridized carbons (Fsp3) is 0.300. The molecule has 2 aromatic rings. The number of alkyl halides is 3. The first-order valence-corrected chi connectivity index (χ1v) is 9.81. The zero-order valence-corrected chi connectivity index (χ0v) is 16.8. The van der Waals surface area contributed by atoms with Crippen LogP contribution in [0.25, 0.3) is 0 Å². The van der Waals surface area contributed by atoms with Crippen LogP contribution >= 0.6 is 15.9 Å². The molecule has 5 nitrogen and oxygen atoms in total. The molecule has 9 heteroatoms. The molecule has 1 atom stereocenters. The fourth-order valence-corrected chi connectivity index (χ4v) is 3.61. The quantitative estimate of drug-likeness (QED) is 0.724. The van der Waals surface area contributed by atoms with Gasteiger partial charge < -0.3 is 15.0 Å². The van der Waals surface area contributed by atoms with Crippen LogP contribution in [0.4, 0.5) is 18.9 Å². The van der Waals surface area contributed by atoms with Crippen molar-refractivity contribution in [2.24, 2.45) is 4.99 Å². The predicted octanol–water partition coefficient (Wildman–Crippen LogP) is 4.05. The number of hydrogen-bond acceptors (Lipinski definition) is 4. The first-order chi connectivity index (χ1) is 13.8. The average molecular weight is 468 g/mol. The van der Waals surface area contributed by atoms with Crippen molar-refractivity contribution in [3.8, 4) is 0 Å². The minimum Gasteiger partial charge on any atom is -0.378 e. The molecule has 0 aromatic heterocycles. The largest absolute Gasteiger partial charge is 0.416 e. The van der Waals surface area contributed by atoms with Crippen molar-refractivity contribution in [3.63, 3.8) is 0 Å². The number of carbonyl (C=O) groups is 1. The first kappa shape index (κ1) is 19.9. The molecule has 0 bridgehead atoms. The summed E-state index contributed by atoms with van der Waals surface area (Å²) in [7, 11) is 0. The van der Waals surface area contributed by atoms with Crippen molar-refractivity contribution in [2.45, 2.75) is 12.2 Å². The monoisotopic (exact) mass is 467 g/mol. The first-order valence-electron chi connectivity index (χ1n) is 9.02. The van der Waals surface area contributed by atoms with Gasteiger partial charge in [-0.1, -0.05) is 34.1 Å². The number of nitrogens with one attached hydrogen (secondary N) is 1. The Balaban J connectivity index is 1.76. The van der Waals surface area contributed by atoms with Crippen molar-refractivity contribution >= 4 is 33.4 Å². The Morgan fingerprint density at radius 3 is 2.48 bits per heavy atom. The molecule has 0 spiro atoms. The van der Waals surface area contributed by atoms with Crippen molar-refractivity contribution in [1.82, 2.24) is 10.2 Å². The second-order valence-electron chi connectivity index (χ2n) is 6.75. The maximum Gasteiger partial charge on any atom is 0.416 e. The Labute approximate surface area is 173 Å². The number of benzene rings is 2. The maximum atomic E-state index is 13.2. The molecule has 152 valence electrons. The van der Waals surface area contributed by atoms with Gasteiger partial charge in [0.25, 0.3) is 0 Å². The van der Waals surface area contributed by atoms with Crippen LogP contribution in [0.3, 0.4) is 0 Å². The van der Waals surface area contributed by atoms with E-state index in [1.165, 1.54) is 6.07 Å². The van der Waals surface area contributed by atoms with Gasteiger partial charge in [-0.15, -0.1) is 0 Å². The van der Waals surface area contributed by atoms with E-state index in [0.717, 1.165) is 16.6 Å². The number of hydrogen-bond donors (Lipinski definition) is 1. The molecular formula is C20H17BrF3N3O2. The van der Waals surface area contributed by atoms with E-state index in [0.29, 0.717) is 43.3 Å². The second-order valence-corrected chi connectivity index (χ2v) is 7.67. The van der Waals surface area contributed by atoms with Crippen LogP contribution in [0.15, 0.2) is 51.9 Å². The van der Waals surface area contributed by atoms with Gasteiger partial charge in [0, 0.05) is 28.7 Å². The molecule has 1 fully saturated rings. The van der Waals surface area contributed by atoms with E-state index in [2.05, 4.69) is 26.2 Å². The van der Waals surface area contributed by atoms with Crippen molar-refractivity contribution in [1.29, 1.82) is 0 Å². The number of amidine groups is 1. The summed E-state index contributed by atoms with van der Waals surface area (Å²) in [5.41, 5.74) is 0.448. The Kier molecular flexibility index (Phi) is 5.35. The highest BCUT2D eigenvalue weighted by Crippen LogP contribution is 2.38. The summed E-state index contributed by atoms with van der Waals surface area (Å²) in [5.74, 6) is 0.148. The summed E-state index contributed by atoms with van der Waals surface area (Å²) in [4.78, 5) is 19.2. The molecular weight excluding hydrogens is 451 g/mol. The fourth-order valence-electron chi connectivity index (χ4n) is 3.34. The van der Waals surface area contributed by atoms with Gasteiger partial charge in [0.1, 0.15) is 11.9 Å². The SMILES string of the molecule is O=C(C1NC(c2ccc(Br)cc2)=Nc2cc(C(F)(F)F)ccc21)N1CCOCC1. The number of amides is 1. The van der Waals surface area contributed by atoms with Crippen LogP contribution in [-0.4, -0.2) is 42.9 Å². The Bertz CT molecular complexity index is 954. The molecule has 2 aliphatic rings. The number of halogens is 4. The topological polar surface area (TPSA) is 53.9 Å². The van der Waals surface area contributed by atoms with Crippen LogP contribution in [-0.2, 0) is 15.7 Å². The molecule has 2 aliphatic heterocycles. The van der Waals surface area contributed by atoms with Gasteiger partial charge >= 0.3 is 6.18 Å². The van der Waals surface area contributed by atoms with Crippen molar-refractivity contribution in [3.05, 3.63) is 63.6 Å². The summed E-state index contributed by atoms with van der Waals surface area (Å²) < 4.78 is 45.8. The maximum absolute atomic E-state index is 13.2. The van der Waals surface area contributed by atoms with Crippen LogP contribution in [0, 0.1) is 0 Å². The molecule has 1 N–H and O–H groups in total. The van der Waals surface area contributed by atoms with Crippen molar-refractivity contribution in [2.75, 3.05) is 26.3 Å². The van der Waals surface area contributed by atoms with E-state index in [-0.39, 0.29) is 11.6 Å². The Morgan fingerprint density at radius 1 is 1.14 bits per heavy atom. The van der Waals surface area contributed by atoms with E-state index < -0.39 is 17.8 Å². The number of rotatable bonds is 2. The molecule has 1 amide bonds. The van der Waals surface area contributed by atoms with Crippen LogP contribution in [0.2, 0.25) is 0 Å². The number of fused-ring (bicyclic) bond motifs is 1. The lowest BCUT2D eigenvalue weighted by molar-refractivity contribution is -0.137. The molecule has 2 aromatic carbocycles. The highest BCUT2D eigenvalue weighted by Gasteiger charge is 2.36. The molecule has 0 aliphatic carbocycles. The zero-order valence-electron chi connectivity index (χ0n) is 15.2. The molecule has 2 heterocycles. The summed E-state index contributed by atoms with van der Waals surface area (Å²) >= 11 is 3.36. The van der Waals surface area contributed by atoms with Gasteiger partial charge in [-0.25, -0.2) is 4.99 Å². The van der Waals surface area contributed by atoms with Gasteiger partial charge in [-0.3, -0.25) is 4.79 Å². The van der Waals surface area contributed by atoms with E-state index in [9.17, 15) is 18.0 Å². The summed E-state index contributed by atoms with van der Waals surface area (Å²) in [5, 5.41) is 3.12. The number of morpholine rings is 1. The third-order valence-corrected chi connectivity index (χ3v) is 5.40. The number of ether oxygens (including phenoxy) is 1.